The lowest BCUT2D eigenvalue weighted by Gasteiger charge is -2.06. The molecule has 1 heterocycles. The molecule has 2 aromatic rings. The van der Waals surface area contributed by atoms with Crippen LogP contribution >= 0.6 is 15.9 Å². The van der Waals surface area contributed by atoms with Gasteiger partial charge in [0.05, 0.1) is 12.7 Å². The molecule has 126 valence electrons. The van der Waals surface area contributed by atoms with E-state index in [1.165, 1.54) is 13.2 Å². The minimum Gasteiger partial charge on any atom is -0.465 e. The monoisotopic (exact) mass is 395 g/mol. The molecule has 24 heavy (non-hydrogen) atoms. The van der Waals surface area contributed by atoms with Gasteiger partial charge in [-0.05, 0) is 45.8 Å². The van der Waals surface area contributed by atoms with Crippen LogP contribution in [0.15, 0.2) is 45.5 Å². The number of methoxy groups -OCH3 is 1. The van der Waals surface area contributed by atoms with Gasteiger partial charge in [-0.2, -0.15) is 0 Å². The number of carbonyl (C=O) groups is 3. The highest BCUT2D eigenvalue weighted by molar-refractivity contribution is 9.10. The first-order valence-electron chi connectivity index (χ1n) is 6.86. The molecule has 7 nitrogen and oxygen atoms in total. The predicted molar refractivity (Wildman–Crippen MR) is 86.3 cm³/mol. The van der Waals surface area contributed by atoms with Crippen LogP contribution in [0.25, 0.3) is 0 Å². The quantitative estimate of drug-likeness (QED) is 0.753. The van der Waals surface area contributed by atoms with Crippen LogP contribution in [0, 0.1) is 0 Å². The van der Waals surface area contributed by atoms with E-state index in [4.69, 9.17) is 9.15 Å². The molecule has 1 N–H and O–H groups in total. The van der Waals surface area contributed by atoms with Crippen LogP contribution < -0.4 is 5.32 Å². The molecule has 0 aliphatic heterocycles. The molecule has 1 amide bonds. The van der Waals surface area contributed by atoms with E-state index in [1.807, 2.05) is 0 Å². The predicted octanol–water partition coefficient (Wildman–Crippen LogP) is 2.30. The summed E-state index contributed by atoms with van der Waals surface area (Å²) in [6.45, 7) is -0.250. The SMILES string of the molecule is COC(=O)c1ccc(COC(=O)CNC(=O)c2ccc(Br)o2)cc1. The molecule has 1 aromatic carbocycles. The van der Waals surface area contributed by atoms with Crippen molar-refractivity contribution in [2.24, 2.45) is 0 Å². The lowest BCUT2D eigenvalue weighted by molar-refractivity contribution is -0.143. The van der Waals surface area contributed by atoms with E-state index in [-0.39, 0.29) is 18.9 Å². The molecule has 0 bridgehead atoms. The lowest BCUT2D eigenvalue weighted by Crippen LogP contribution is -2.30. The number of esters is 2. The Balaban J connectivity index is 1.76. The number of furan rings is 1. The van der Waals surface area contributed by atoms with Gasteiger partial charge >= 0.3 is 11.9 Å². The maximum absolute atomic E-state index is 11.7. The maximum Gasteiger partial charge on any atom is 0.337 e. The Morgan fingerprint density at radius 2 is 1.83 bits per heavy atom. The van der Waals surface area contributed by atoms with E-state index in [0.29, 0.717) is 15.8 Å². The van der Waals surface area contributed by atoms with Gasteiger partial charge < -0.3 is 19.2 Å². The third kappa shape index (κ3) is 4.95. The summed E-state index contributed by atoms with van der Waals surface area (Å²) in [4.78, 5) is 34.6. The van der Waals surface area contributed by atoms with Gasteiger partial charge in [-0.3, -0.25) is 9.59 Å². The third-order valence-corrected chi connectivity index (χ3v) is 3.39. The highest BCUT2D eigenvalue weighted by Crippen LogP contribution is 2.13. The molecule has 0 radical (unpaired) electrons. The second kappa shape index (κ2) is 8.30. The van der Waals surface area contributed by atoms with Crippen LogP contribution in [0.5, 0.6) is 0 Å². The number of rotatable bonds is 6. The van der Waals surface area contributed by atoms with E-state index in [2.05, 4.69) is 26.0 Å². The smallest absolute Gasteiger partial charge is 0.337 e. The Hall–Kier alpha value is -2.61. The van der Waals surface area contributed by atoms with Crippen LogP contribution in [0.2, 0.25) is 0 Å². The fraction of sp³-hybridized carbons (Fsp3) is 0.188. The van der Waals surface area contributed by atoms with Gasteiger partial charge in [0.2, 0.25) is 0 Å². The molecule has 0 saturated carbocycles. The van der Waals surface area contributed by atoms with Gasteiger partial charge in [-0.25, -0.2) is 4.79 Å². The average molecular weight is 396 g/mol. The summed E-state index contributed by atoms with van der Waals surface area (Å²) in [6, 6.07) is 9.51. The normalized spacial score (nSPS) is 10.1. The molecule has 0 aliphatic rings. The molecule has 0 fully saturated rings. The van der Waals surface area contributed by atoms with Crippen LogP contribution in [0.4, 0.5) is 0 Å². The molecule has 1 aromatic heterocycles. The largest absolute Gasteiger partial charge is 0.465 e. The van der Waals surface area contributed by atoms with Gasteiger partial charge in [0.15, 0.2) is 10.4 Å². The maximum atomic E-state index is 11.7. The average Bonchev–Trinajstić information content (AvgIpc) is 3.04. The van der Waals surface area contributed by atoms with E-state index in [9.17, 15) is 14.4 Å². The number of hydrogen-bond donors (Lipinski definition) is 1. The number of nitrogens with one attached hydrogen (secondary N) is 1. The number of benzene rings is 1. The summed E-state index contributed by atoms with van der Waals surface area (Å²) in [7, 11) is 1.30. The molecule has 0 unspecified atom stereocenters. The zero-order valence-electron chi connectivity index (χ0n) is 12.7. The van der Waals surface area contributed by atoms with Gasteiger partial charge in [0, 0.05) is 0 Å². The number of hydrogen-bond acceptors (Lipinski definition) is 6. The summed E-state index contributed by atoms with van der Waals surface area (Å²) in [5.41, 5.74) is 1.11. The zero-order chi connectivity index (χ0) is 17.5. The molecule has 2 rings (SSSR count). The Morgan fingerprint density at radius 1 is 1.12 bits per heavy atom. The van der Waals surface area contributed by atoms with Crippen molar-refractivity contribution in [3.8, 4) is 0 Å². The van der Waals surface area contributed by atoms with E-state index in [1.54, 1.807) is 30.3 Å². The summed E-state index contributed by atoms with van der Waals surface area (Å²) in [5.74, 6) is -1.45. The molecule has 0 spiro atoms. The molecular weight excluding hydrogens is 382 g/mol. The number of ether oxygens (including phenoxy) is 2. The second-order valence-electron chi connectivity index (χ2n) is 4.64. The van der Waals surface area contributed by atoms with Crippen LogP contribution in [-0.4, -0.2) is 31.5 Å². The summed E-state index contributed by atoms with van der Waals surface area (Å²) >= 11 is 3.08. The highest BCUT2D eigenvalue weighted by atomic mass is 79.9. The lowest BCUT2D eigenvalue weighted by atomic mass is 10.1. The highest BCUT2D eigenvalue weighted by Gasteiger charge is 2.12. The topological polar surface area (TPSA) is 94.8 Å². The summed E-state index contributed by atoms with van der Waals surface area (Å²) in [5, 5.41) is 2.39. The first-order chi connectivity index (χ1) is 11.5. The Labute approximate surface area is 146 Å². The van der Waals surface area contributed by atoms with Crippen molar-refractivity contribution in [1.29, 1.82) is 0 Å². The zero-order valence-corrected chi connectivity index (χ0v) is 14.3. The molecule has 0 atom stereocenters. The first kappa shape index (κ1) is 17.7. The Kier molecular flexibility index (Phi) is 6.14. The third-order valence-electron chi connectivity index (χ3n) is 2.97. The van der Waals surface area contributed by atoms with Crippen molar-refractivity contribution < 1.29 is 28.3 Å². The van der Waals surface area contributed by atoms with Crippen LogP contribution in [0.3, 0.4) is 0 Å². The van der Waals surface area contributed by atoms with Gasteiger partial charge in [-0.1, -0.05) is 12.1 Å². The molecule has 0 aliphatic carbocycles. The molecule has 0 saturated heterocycles. The first-order valence-corrected chi connectivity index (χ1v) is 7.65. The standard InChI is InChI=1S/C16H14BrNO6/c1-22-16(21)11-4-2-10(3-5-11)9-23-14(19)8-18-15(20)12-6-7-13(17)24-12/h2-7H,8-9H2,1H3,(H,18,20). The fourth-order valence-electron chi connectivity index (χ4n) is 1.75. The number of carbonyl (C=O) groups excluding carboxylic acids is 3. The van der Waals surface area contributed by atoms with Crippen LogP contribution in [-0.2, 0) is 20.9 Å². The number of amides is 1. The van der Waals surface area contributed by atoms with Crippen molar-refractivity contribution in [3.05, 3.63) is 58.0 Å². The van der Waals surface area contributed by atoms with Gasteiger partial charge in [0.1, 0.15) is 13.2 Å². The second-order valence-corrected chi connectivity index (χ2v) is 5.42. The van der Waals surface area contributed by atoms with Crippen molar-refractivity contribution in [3.63, 3.8) is 0 Å². The van der Waals surface area contributed by atoms with Crippen molar-refractivity contribution >= 4 is 33.8 Å². The minimum atomic E-state index is -0.592. The summed E-state index contributed by atoms with van der Waals surface area (Å²) in [6.07, 6.45) is 0. The van der Waals surface area contributed by atoms with Gasteiger partial charge in [-0.15, -0.1) is 0 Å². The molecular formula is C16H14BrNO6. The summed E-state index contributed by atoms with van der Waals surface area (Å²) < 4.78 is 15.1. The minimum absolute atomic E-state index is 0.0302. The Morgan fingerprint density at radius 3 is 2.42 bits per heavy atom. The Bertz CT molecular complexity index is 737. The van der Waals surface area contributed by atoms with Gasteiger partial charge in [0.25, 0.3) is 5.91 Å². The van der Waals surface area contributed by atoms with Crippen molar-refractivity contribution in [2.45, 2.75) is 6.61 Å². The number of halogens is 1. The molecule has 8 heteroatoms. The van der Waals surface area contributed by atoms with Crippen LogP contribution in [0.1, 0.15) is 26.5 Å². The van der Waals surface area contributed by atoms with E-state index >= 15 is 0 Å². The van der Waals surface area contributed by atoms with E-state index in [0.717, 1.165) is 0 Å². The van der Waals surface area contributed by atoms with Crippen molar-refractivity contribution in [1.82, 2.24) is 5.32 Å². The fourth-order valence-corrected chi connectivity index (χ4v) is 2.05. The van der Waals surface area contributed by atoms with Crippen molar-refractivity contribution in [2.75, 3.05) is 13.7 Å². The van der Waals surface area contributed by atoms with E-state index < -0.39 is 17.8 Å².